The number of fused-ring (bicyclic) bond motifs is 2. The Bertz CT molecular complexity index is 1230. The van der Waals surface area contributed by atoms with E-state index in [-0.39, 0.29) is 5.57 Å². The zero-order chi connectivity index (χ0) is 19.5. The first-order chi connectivity index (χ1) is 13.8. The second kappa shape index (κ2) is 7.27. The molecule has 0 aliphatic heterocycles. The predicted octanol–water partition coefficient (Wildman–Crippen LogP) is 6.10. The van der Waals surface area contributed by atoms with Crippen LogP contribution in [0.5, 0.6) is 5.75 Å². The molecule has 0 aliphatic carbocycles. The molecular weight excluding hydrogens is 344 g/mol. The zero-order valence-electron chi connectivity index (χ0n) is 15.3. The average molecular weight is 360 g/mol. The van der Waals surface area contributed by atoms with E-state index in [1.54, 1.807) is 13.2 Å². The Morgan fingerprint density at radius 3 is 1.71 bits per heavy atom. The average Bonchev–Trinajstić information content (AvgIpc) is 2.77. The van der Waals surface area contributed by atoms with Gasteiger partial charge in [0.1, 0.15) is 23.5 Å². The minimum absolute atomic E-state index is 0.0903. The van der Waals surface area contributed by atoms with Crippen molar-refractivity contribution in [1.82, 2.24) is 0 Å². The maximum absolute atomic E-state index is 9.26. The highest BCUT2D eigenvalue weighted by Crippen LogP contribution is 2.40. The fourth-order valence-electron chi connectivity index (χ4n) is 3.62. The third-order valence-corrected chi connectivity index (χ3v) is 4.88. The van der Waals surface area contributed by atoms with Gasteiger partial charge in [-0.1, -0.05) is 60.7 Å². The van der Waals surface area contributed by atoms with Gasteiger partial charge in [0, 0.05) is 0 Å². The predicted molar refractivity (Wildman–Crippen MR) is 113 cm³/mol. The number of allylic oxidation sites excluding steroid dienone is 1. The number of rotatable bonds is 3. The number of benzene rings is 4. The molecule has 0 spiro atoms. The van der Waals surface area contributed by atoms with E-state index < -0.39 is 0 Å². The molecule has 0 radical (unpaired) electrons. The molecule has 0 amide bonds. The van der Waals surface area contributed by atoms with Gasteiger partial charge in [0.05, 0.1) is 7.11 Å². The van der Waals surface area contributed by atoms with Gasteiger partial charge in [-0.25, -0.2) is 0 Å². The van der Waals surface area contributed by atoms with Crippen LogP contribution < -0.4 is 4.74 Å². The summed E-state index contributed by atoms with van der Waals surface area (Å²) < 4.78 is 5.30. The van der Waals surface area contributed by atoms with Gasteiger partial charge in [-0.15, -0.1) is 0 Å². The summed E-state index contributed by atoms with van der Waals surface area (Å²) in [6, 6.07) is 28.2. The summed E-state index contributed by atoms with van der Waals surface area (Å²) in [7, 11) is 1.66. The molecule has 0 heterocycles. The first-order valence-corrected chi connectivity index (χ1v) is 8.86. The molecule has 0 saturated carbocycles. The van der Waals surface area contributed by atoms with Crippen molar-refractivity contribution in [3.05, 3.63) is 83.9 Å². The monoisotopic (exact) mass is 360 g/mol. The van der Waals surface area contributed by atoms with E-state index in [9.17, 15) is 10.5 Å². The molecular formula is C25H16N2O. The van der Waals surface area contributed by atoms with Crippen LogP contribution in [0.4, 0.5) is 0 Å². The van der Waals surface area contributed by atoms with Crippen molar-refractivity contribution in [3.8, 4) is 29.0 Å². The number of methoxy groups -OCH3 is 1. The molecule has 0 bridgehead atoms. The summed E-state index contributed by atoms with van der Waals surface area (Å²) in [4.78, 5) is 0. The Balaban J connectivity index is 2.16. The van der Waals surface area contributed by atoms with Gasteiger partial charge in [-0.05, 0) is 56.4 Å². The Labute approximate surface area is 163 Å². The van der Waals surface area contributed by atoms with Crippen LogP contribution in [0.25, 0.3) is 38.7 Å². The van der Waals surface area contributed by atoms with E-state index in [0.717, 1.165) is 44.0 Å². The lowest BCUT2D eigenvalue weighted by Crippen LogP contribution is -1.91. The molecule has 4 aromatic rings. The SMILES string of the molecule is COc1ccc(-c2c3ccccc3c(C=C(C#N)C#N)c3ccccc23)cc1. The summed E-state index contributed by atoms with van der Waals surface area (Å²) in [6.45, 7) is 0. The molecule has 28 heavy (non-hydrogen) atoms. The quantitative estimate of drug-likeness (QED) is 0.328. The van der Waals surface area contributed by atoms with Gasteiger partial charge >= 0.3 is 0 Å². The van der Waals surface area contributed by atoms with Crippen molar-refractivity contribution >= 4 is 27.6 Å². The first kappa shape index (κ1) is 17.3. The highest BCUT2D eigenvalue weighted by atomic mass is 16.5. The third-order valence-electron chi connectivity index (χ3n) is 4.88. The number of nitriles is 2. The lowest BCUT2D eigenvalue weighted by Gasteiger charge is -2.16. The summed E-state index contributed by atoms with van der Waals surface area (Å²) >= 11 is 0. The highest BCUT2D eigenvalue weighted by Gasteiger charge is 2.14. The van der Waals surface area contributed by atoms with Crippen LogP contribution in [-0.2, 0) is 0 Å². The van der Waals surface area contributed by atoms with Crippen molar-refractivity contribution in [2.75, 3.05) is 7.11 Å². The Morgan fingerprint density at radius 2 is 1.25 bits per heavy atom. The lowest BCUT2D eigenvalue weighted by molar-refractivity contribution is 0.415. The molecule has 132 valence electrons. The van der Waals surface area contributed by atoms with Crippen LogP contribution >= 0.6 is 0 Å². The van der Waals surface area contributed by atoms with E-state index in [4.69, 9.17) is 4.74 Å². The molecule has 0 saturated heterocycles. The van der Waals surface area contributed by atoms with E-state index in [0.29, 0.717) is 0 Å². The summed E-state index contributed by atoms with van der Waals surface area (Å²) in [5.41, 5.74) is 3.19. The van der Waals surface area contributed by atoms with Crippen LogP contribution in [0.3, 0.4) is 0 Å². The zero-order valence-corrected chi connectivity index (χ0v) is 15.3. The fraction of sp³-hybridized carbons (Fsp3) is 0.0400. The van der Waals surface area contributed by atoms with Gasteiger partial charge in [0.2, 0.25) is 0 Å². The molecule has 0 aliphatic rings. The van der Waals surface area contributed by atoms with Gasteiger partial charge in [0.15, 0.2) is 0 Å². The maximum Gasteiger partial charge on any atom is 0.130 e. The molecule has 4 rings (SSSR count). The minimum atomic E-state index is 0.0903. The van der Waals surface area contributed by atoms with E-state index in [2.05, 4.69) is 24.3 Å². The van der Waals surface area contributed by atoms with Crippen LogP contribution in [0.1, 0.15) is 5.56 Å². The van der Waals surface area contributed by atoms with Crippen LogP contribution in [0.15, 0.2) is 78.4 Å². The minimum Gasteiger partial charge on any atom is -0.497 e. The van der Waals surface area contributed by atoms with Crippen molar-refractivity contribution in [1.29, 1.82) is 10.5 Å². The topological polar surface area (TPSA) is 56.8 Å². The van der Waals surface area contributed by atoms with Crippen molar-refractivity contribution < 1.29 is 4.74 Å². The van der Waals surface area contributed by atoms with Crippen molar-refractivity contribution in [3.63, 3.8) is 0 Å². The Hall–Kier alpha value is -4.08. The molecule has 3 heteroatoms. The smallest absolute Gasteiger partial charge is 0.130 e. The van der Waals surface area contributed by atoms with Crippen molar-refractivity contribution in [2.24, 2.45) is 0 Å². The van der Waals surface area contributed by atoms with E-state index in [1.807, 2.05) is 60.7 Å². The fourth-order valence-corrected chi connectivity index (χ4v) is 3.62. The van der Waals surface area contributed by atoms with E-state index >= 15 is 0 Å². The highest BCUT2D eigenvalue weighted by molar-refractivity contribution is 6.17. The standard InChI is InChI=1S/C25H16N2O/c1-28-19-12-10-18(11-13-19)25-22-8-4-2-6-20(22)24(14-17(15-26)16-27)21-7-3-5-9-23(21)25/h2-14H,1H3. The number of hydrogen-bond acceptors (Lipinski definition) is 3. The van der Waals surface area contributed by atoms with Crippen LogP contribution in [0, 0.1) is 22.7 Å². The molecule has 0 fully saturated rings. The van der Waals surface area contributed by atoms with Gasteiger partial charge in [0.25, 0.3) is 0 Å². The van der Waals surface area contributed by atoms with Crippen LogP contribution in [0.2, 0.25) is 0 Å². The molecule has 4 aromatic carbocycles. The Kier molecular flexibility index (Phi) is 4.50. The number of hydrogen-bond donors (Lipinski definition) is 0. The number of nitrogens with zero attached hydrogens (tertiary/aromatic N) is 2. The normalized spacial score (nSPS) is 10.2. The summed E-state index contributed by atoms with van der Waals surface area (Å²) in [5, 5.41) is 22.7. The second-order valence-corrected chi connectivity index (χ2v) is 6.39. The number of ether oxygens (including phenoxy) is 1. The van der Waals surface area contributed by atoms with Crippen LogP contribution in [-0.4, -0.2) is 7.11 Å². The summed E-state index contributed by atoms with van der Waals surface area (Å²) in [6.07, 6.45) is 1.68. The third kappa shape index (κ3) is 2.86. The van der Waals surface area contributed by atoms with E-state index in [1.165, 1.54) is 0 Å². The maximum atomic E-state index is 9.26. The van der Waals surface area contributed by atoms with Gasteiger partial charge in [-0.2, -0.15) is 10.5 Å². The second-order valence-electron chi connectivity index (χ2n) is 6.39. The van der Waals surface area contributed by atoms with Gasteiger partial charge in [-0.3, -0.25) is 0 Å². The first-order valence-electron chi connectivity index (χ1n) is 8.86. The molecule has 0 unspecified atom stereocenters. The van der Waals surface area contributed by atoms with Gasteiger partial charge < -0.3 is 4.74 Å². The molecule has 0 atom stereocenters. The molecule has 3 nitrogen and oxygen atoms in total. The Morgan fingerprint density at radius 1 is 0.750 bits per heavy atom. The largest absolute Gasteiger partial charge is 0.497 e. The lowest BCUT2D eigenvalue weighted by atomic mass is 9.88. The molecule has 0 aromatic heterocycles. The summed E-state index contributed by atoms with van der Waals surface area (Å²) in [5.74, 6) is 0.810. The van der Waals surface area contributed by atoms with Crippen molar-refractivity contribution in [2.45, 2.75) is 0 Å². The molecule has 0 N–H and O–H groups in total.